The molecule has 1 aromatic heterocycles. The predicted octanol–water partition coefficient (Wildman–Crippen LogP) is 2.78. The molecule has 0 spiro atoms. The summed E-state index contributed by atoms with van der Waals surface area (Å²) in [4.78, 5) is 11.2. The molecule has 0 radical (unpaired) electrons. The van der Waals surface area contributed by atoms with Gasteiger partial charge in [-0.1, -0.05) is 12.1 Å². The predicted molar refractivity (Wildman–Crippen MR) is 115 cm³/mol. The summed E-state index contributed by atoms with van der Waals surface area (Å²) in [6.07, 6.45) is 5.17. The van der Waals surface area contributed by atoms with Gasteiger partial charge in [-0.15, -0.1) is 0 Å². The average molecular weight is 382 g/mol. The number of guanidine groups is 1. The molecule has 3 rings (SSSR count). The van der Waals surface area contributed by atoms with Gasteiger partial charge >= 0.3 is 0 Å². The van der Waals surface area contributed by atoms with E-state index in [1.807, 2.05) is 32.3 Å². The molecular weight excluding hydrogens is 350 g/mol. The first-order valence-electron chi connectivity index (χ1n) is 9.95. The van der Waals surface area contributed by atoms with E-state index in [4.69, 9.17) is 4.74 Å². The number of anilines is 1. The van der Waals surface area contributed by atoms with Gasteiger partial charge in [0, 0.05) is 56.4 Å². The average Bonchev–Trinajstić information content (AvgIpc) is 2.74. The van der Waals surface area contributed by atoms with Crippen molar-refractivity contribution in [1.29, 1.82) is 0 Å². The molecule has 28 heavy (non-hydrogen) atoms. The smallest absolute Gasteiger partial charge is 0.191 e. The zero-order chi connectivity index (χ0) is 19.8. The normalized spacial score (nSPS) is 17.3. The molecule has 0 saturated carbocycles. The third kappa shape index (κ3) is 5.62. The van der Waals surface area contributed by atoms with E-state index in [2.05, 4.69) is 49.8 Å². The van der Waals surface area contributed by atoms with Crippen LogP contribution in [0, 0.1) is 6.92 Å². The summed E-state index contributed by atoms with van der Waals surface area (Å²) in [6.45, 7) is 4.86. The quantitative estimate of drug-likeness (QED) is 0.595. The molecule has 1 aliphatic rings. The summed E-state index contributed by atoms with van der Waals surface area (Å²) < 4.78 is 5.37. The fraction of sp³-hybridized carbons (Fsp3) is 0.455. The SMILES string of the molecule is CN=C(NCCc1ccc(C)nc1)NC1CCCN(c2cccc(OC)c2)C1. The zero-order valence-electron chi connectivity index (χ0n) is 17.1. The van der Waals surface area contributed by atoms with Crippen molar-refractivity contribution in [2.45, 2.75) is 32.2 Å². The maximum absolute atomic E-state index is 5.37. The number of pyridine rings is 1. The van der Waals surface area contributed by atoms with Crippen LogP contribution < -0.4 is 20.3 Å². The molecule has 6 nitrogen and oxygen atoms in total. The number of ether oxygens (including phenoxy) is 1. The summed E-state index contributed by atoms with van der Waals surface area (Å²) >= 11 is 0. The molecule has 1 atom stereocenters. The van der Waals surface area contributed by atoms with Crippen LogP contribution in [0.5, 0.6) is 5.75 Å². The second-order valence-electron chi connectivity index (χ2n) is 7.19. The van der Waals surface area contributed by atoms with Gasteiger partial charge in [0.05, 0.1) is 7.11 Å². The third-order valence-corrected chi connectivity index (χ3v) is 5.08. The molecule has 1 unspecified atom stereocenters. The molecule has 2 heterocycles. The van der Waals surface area contributed by atoms with Crippen LogP contribution in [0.2, 0.25) is 0 Å². The fourth-order valence-electron chi connectivity index (χ4n) is 3.50. The van der Waals surface area contributed by atoms with E-state index in [0.717, 1.165) is 56.3 Å². The zero-order valence-corrected chi connectivity index (χ0v) is 17.1. The van der Waals surface area contributed by atoms with Crippen LogP contribution >= 0.6 is 0 Å². The number of aryl methyl sites for hydroxylation is 1. The van der Waals surface area contributed by atoms with Crippen LogP contribution in [0.15, 0.2) is 47.6 Å². The number of aromatic nitrogens is 1. The minimum atomic E-state index is 0.368. The Morgan fingerprint density at radius 3 is 2.96 bits per heavy atom. The number of aliphatic imine (C=N–C) groups is 1. The van der Waals surface area contributed by atoms with Crippen molar-refractivity contribution < 1.29 is 4.74 Å². The lowest BCUT2D eigenvalue weighted by Gasteiger charge is -2.35. The highest BCUT2D eigenvalue weighted by atomic mass is 16.5. The minimum absolute atomic E-state index is 0.368. The summed E-state index contributed by atoms with van der Waals surface area (Å²) in [5.41, 5.74) is 3.49. The molecule has 6 heteroatoms. The van der Waals surface area contributed by atoms with Crippen molar-refractivity contribution in [3.8, 4) is 5.75 Å². The highest BCUT2D eigenvalue weighted by molar-refractivity contribution is 5.80. The summed E-state index contributed by atoms with van der Waals surface area (Å²) in [5, 5.41) is 7.00. The van der Waals surface area contributed by atoms with Gasteiger partial charge in [-0.25, -0.2) is 0 Å². The number of nitrogens with one attached hydrogen (secondary N) is 2. The monoisotopic (exact) mass is 381 g/mol. The van der Waals surface area contributed by atoms with Gasteiger partial charge in [0.25, 0.3) is 0 Å². The lowest BCUT2D eigenvalue weighted by Crippen LogP contribution is -2.51. The second kappa shape index (κ2) is 9.97. The van der Waals surface area contributed by atoms with Crippen molar-refractivity contribution in [2.75, 3.05) is 38.7 Å². The molecule has 2 aromatic rings. The summed E-state index contributed by atoms with van der Waals surface area (Å²) in [5.74, 6) is 1.76. The standard InChI is InChI=1S/C22H31N5O/c1-17-9-10-18(15-25-17)11-12-24-22(23-2)26-19-6-5-13-27(16-19)20-7-4-8-21(14-20)28-3/h4,7-10,14-15,19H,5-6,11-13,16H2,1-3H3,(H2,23,24,26). The van der Waals surface area contributed by atoms with Gasteiger partial charge in [0.2, 0.25) is 0 Å². The number of nitrogens with zero attached hydrogens (tertiary/aromatic N) is 3. The lowest BCUT2D eigenvalue weighted by atomic mass is 10.0. The molecule has 1 fully saturated rings. The van der Waals surface area contributed by atoms with Crippen LogP contribution in [0.4, 0.5) is 5.69 Å². The number of hydrogen-bond donors (Lipinski definition) is 2. The maximum atomic E-state index is 5.37. The Hall–Kier alpha value is -2.76. The Morgan fingerprint density at radius 2 is 2.21 bits per heavy atom. The molecule has 150 valence electrons. The highest BCUT2D eigenvalue weighted by Crippen LogP contribution is 2.24. The minimum Gasteiger partial charge on any atom is -0.497 e. The van der Waals surface area contributed by atoms with Gasteiger partial charge < -0.3 is 20.3 Å². The van der Waals surface area contributed by atoms with Crippen LogP contribution in [-0.2, 0) is 6.42 Å². The van der Waals surface area contributed by atoms with Gasteiger partial charge in [0.1, 0.15) is 5.75 Å². The van der Waals surface area contributed by atoms with Crippen molar-refractivity contribution in [1.82, 2.24) is 15.6 Å². The van der Waals surface area contributed by atoms with E-state index in [0.29, 0.717) is 6.04 Å². The number of piperidine rings is 1. The molecule has 2 N–H and O–H groups in total. The van der Waals surface area contributed by atoms with E-state index >= 15 is 0 Å². The Bertz CT molecular complexity index is 775. The first-order chi connectivity index (χ1) is 13.7. The molecule has 1 aliphatic heterocycles. The van der Waals surface area contributed by atoms with Gasteiger partial charge in [-0.2, -0.15) is 0 Å². The highest BCUT2D eigenvalue weighted by Gasteiger charge is 2.21. The number of rotatable bonds is 6. The second-order valence-corrected chi connectivity index (χ2v) is 7.19. The largest absolute Gasteiger partial charge is 0.497 e. The van der Waals surface area contributed by atoms with Crippen molar-refractivity contribution in [3.05, 3.63) is 53.9 Å². The Balaban J connectivity index is 1.50. The van der Waals surface area contributed by atoms with Crippen molar-refractivity contribution in [3.63, 3.8) is 0 Å². The summed E-state index contributed by atoms with van der Waals surface area (Å²) in [6, 6.07) is 12.8. The van der Waals surface area contributed by atoms with Crippen LogP contribution in [0.1, 0.15) is 24.1 Å². The first kappa shape index (κ1) is 20.0. The van der Waals surface area contributed by atoms with E-state index in [-0.39, 0.29) is 0 Å². The Labute approximate surface area is 168 Å². The van der Waals surface area contributed by atoms with Gasteiger partial charge in [0.15, 0.2) is 5.96 Å². The van der Waals surface area contributed by atoms with Gasteiger partial charge in [-0.05, 0) is 49.9 Å². The maximum Gasteiger partial charge on any atom is 0.191 e. The topological polar surface area (TPSA) is 61.8 Å². The molecule has 0 aliphatic carbocycles. The molecule has 1 aromatic carbocycles. The number of benzene rings is 1. The first-order valence-corrected chi connectivity index (χ1v) is 9.95. The fourth-order valence-corrected chi connectivity index (χ4v) is 3.50. The molecule has 0 amide bonds. The number of hydrogen-bond acceptors (Lipinski definition) is 4. The lowest BCUT2D eigenvalue weighted by molar-refractivity contribution is 0.414. The molecule has 0 bridgehead atoms. The van der Waals surface area contributed by atoms with Crippen molar-refractivity contribution >= 4 is 11.6 Å². The number of methoxy groups -OCH3 is 1. The van der Waals surface area contributed by atoms with Crippen LogP contribution in [0.3, 0.4) is 0 Å². The summed E-state index contributed by atoms with van der Waals surface area (Å²) in [7, 11) is 3.54. The van der Waals surface area contributed by atoms with E-state index in [9.17, 15) is 0 Å². The van der Waals surface area contributed by atoms with Crippen molar-refractivity contribution in [2.24, 2.45) is 4.99 Å². The Morgan fingerprint density at radius 1 is 1.32 bits per heavy atom. The van der Waals surface area contributed by atoms with Crippen LogP contribution in [-0.4, -0.2) is 50.8 Å². The molecule has 1 saturated heterocycles. The van der Waals surface area contributed by atoms with E-state index in [1.165, 1.54) is 11.3 Å². The van der Waals surface area contributed by atoms with E-state index in [1.54, 1.807) is 7.11 Å². The third-order valence-electron chi connectivity index (χ3n) is 5.08. The van der Waals surface area contributed by atoms with Gasteiger partial charge in [-0.3, -0.25) is 9.98 Å². The van der Waals surface area contributed by atoms with Crippen LogP contribution in [0.25, 0.3) is 0 Å². The Kier molecular flexibility index (Phi) is 7.12. The van der Waals surface area contributed by atoms with E-state index < -0.39 is 0 Å². The molecular formula is C22H31N5O.